The number of carbonyl (C=O) groups excluding carboxylic acids is 2. The molecule has 1 heterocycles. The van der Waals surface area contributed by atoms with Crippen molar-refractivity contribution in [1.29, 1.82) is 0 Å². The van der Waals surface area contributed by atoms with Gasteiger partial charge < -0.3 is 19.7 Å². The first kappa shape index (κ1) is 14.8. The molecule has 0 spiro atoms. The Morgan fingerprint density at radius 3 is 2.56 bits per heavy atom. The lowest BCUT2D eigenvalue weighted by Crippen LogP contribution is -2.41. The fourth-order valence-electron chi connectivity index (χ4n) is 2.22. The Morgan fingerprint density at radius 2 is 2.00 bits per heavy atom. The normalized spacial score (nSPS) is 20.6. The topological polar surface area (TPSA) is 67.9 Å². The summed E-state index contributed by atoms with van der Waals surface area (Å²) in [5.41, 5.74) is -0.533. The largest absolute Gasteiger partial charge is 0.469 e. The molecule has 104 valence electrons. The average Bonchev–Trinajstić information content (AvgIpc) is 2.74. The van der Waals surface area contributed by atoms with E-state index >= 15 is 0 Å². The number of amides is 1. The summed E-state index contributed by atoms with van der Waals surface area (Å²) in [4.78, 5) is 24.8. The quantitative estimate of drug-likeness (QED) is 0.749. The molecular formula is C12H22N2O4. The summed E-state index contributed by atoms with van der Waals surface area (Å²) in [5.74, 6) is -0.216. The van der Waals surface area contributed by atoms with Crippen LogP contribution in [0.15, 0.2) is 0 Å². The highest BCUT2D eigenvalue weighted by atomic mass is 16.5. The summed E-state index contributed by atoms with van der Waals surface area (Å²) in [6, 6.07) is 0.0888. The number of rotatable bonds is 4. The van der Waals surface area contributed by atoms with Gasteiger partial charge in [-0.3, -0.25) is 4.79 Å². The third kappa shape index (κ3) is 3.87. The zero-order valence-corrected chi connectivity index (χ0v) is 11.5. The van der Waals surface area contributed by atoms with E-state index in [9.17, 15) is 9.59 Å². The zero-order chi connectivity index (χ0) is 13.8. The molecule has 6 heteroatoms. The highest BCUT2D eigenvalue weighted by molar-refractivity contribution is 5.76. The van der Waals surface area contributed by atoms with E-state index in [1.165, 1.54) is 14.2 Å². The highest BCUT2D eigenvalue weighted by Gasteiger charge is 2.34. The third-order valence-corrected chi connectivity index (χ3v) is 3.14. The van der Waals surface area contributed by atoms with Crippen LogP contribution < -0.4 is 5.32 Å². The van der Waals surface area contributed by atoms with Gasteiger partial charge in [0.2, 0.25) is 0 Å². The summed E-state index contributed by atoms with van der Waals surface area (Å²) in [6.07, 6.45) is 0.459. The second kappa shape index (κ2) is 6.04. The maximum Gasteiger partial charge on any atom is 0.407 e. The van der Waals surface area contributed by atoms with E-state index in [0.29, 0.717) is 6.54 Å². The summed E-state index contributed by atoms with van der Waals surface area (Å²) < 4.78 is 9.34. The summed E-state index contributed by atoms with van der Waals surface area (Å²) in [6.45, 7) is 5.93. The number of likely N-dealkylation sites (tertiary alicyclic amines) is 1. The van der Waals surface area contributed by atoms with Crippen LogP contribution in [0.3, 0.4) is 0 Å². The minimum atomic E-state index is -0.533. The van der Waals surface area contributed by atoms with Gasteiger partial charge in [-0.25, -0.2) is 4.79 Å². The molecule has 1 aliphatic heterocycles. The van der Waals surface area contributed by atoms with Gasteiger partial charge in [-0.2, -0.15) is 0 Å². The van der Waals surface area contributed by atoms with Gasteiger partial charge in [0.1, 0.15) is 0 Å². The number of hydrogen-bond acceptors (Lipinski definition) is 5. The predicted octanol–water partition coefficient (Wildman–Crippen LogP) is 0.616. The SMILES string of the molecule is COC(=O)NC1CCN(CC(C)(C)C(=O)OC)C1. The summed E-state index contributed by atoms with van der Waals surface area (Å²) >= 11 is 0. The third-order valence-electron chi connectivity index (χ3n) is 3.14. The van der Waals surface area contributed by atoms with Gasteiger partial charge in [0.15, 0.2) is 0 Å². The van der Waals surface area contributed by atoms with Gasteiger partial charge >= 0.3 is 12.1 Å². The summed E-state index contributed by atoms with van der Waals surface area (Å²) in [5, 5.41) is 2.77. The molecule has 1 aliphatic rings. The Bertz CT molecular complexity index is 317. The minimum Gasteiger partial charge on any atom is -0.469 e. The molecule has 1 fully saturated rings. The highest BCUT2D eigenvalue weighted by Crippen LogP contribution is 2.21. The summed E-state index contributed by atoms with van der Waals surface area (Å²) in [7, 11) is 2.75. The van der Waals surface area contributed by atoms with Crippen molar-refractivity contribution < 1.29 is 19.1 Å². The van der Waals surface area contributed by atoms with Crippen LogP contribution in [0.5, 0.6) is 0 Å². The first-order valence-electron chi connectivity index (χ1n) is 6.04. The van der Waals surface area contributed by atoms with Crippen molar-refractivity contribution in [3.05, 3.63) is 0 Å². The molecule has 0 aromatic heterocycles. The van der Waals surface area contributed by atoms with E-state index in [-0.39, 0.29) is 12.0 Å². The standard InChI is InChI=1S/C12H22N2O4/c1-12(2,10(15)17-3)8-14-6-5-9(7-14)13-11(16)18-4/h9H,5-8H2,1-4H3,(H,13,16). The number of nitrogens with zero attached hydrogens (tertiary/aromatic N) is 1. The molecule has 0 bridgehead atoms. The van der Waals surface area contributed by atoms with E-state index in [0.717, 1.165) is 19.5 Å². The predicted molar refractivity (Wildman–Crippen MR) is 66.2 cm³/mol. The van der Waals surface area contributed by atoms with E-state index in [4.69, 9.17) is 4.74 Å². The molecular weight excluding hydrogens is 236 g/mol. The van der Waals surface area contributed by atoms with Gasteiger partial charge in [-0.15, -0.1) is 0 Å². The van der Waals surface area contributed by atoms with Crippen molar-refractivity contribution in [2.75, 3.05) is 33.9 Å². The van der Waals surface area contributed by atoms with Crippen molar-refractivity contribution in [1.82, 2.24) is 10.2 Å². The maximum atomic E-state index is 11.6. The lowest BCUT2D eigenvalue weighted by atomic mass is 9.93. The van der Waals surface area contributed by atoms with Crippen LogP contribution >= 0.6 is 0 Å². The van der Waals surface area contributed by atoms with Crippen molar-refractivity contribution >= 4 is 12.1 Å². The first-order chi connectivity index (χ1) is 8.39. The van der Waals surface area contributed by atoms with Crippen LogP contribution in [0, 0.1) is 5.41 Å². The van der Waals surface area contributed by atoms with Gasteiger partial charge in [0.05, 0.1) is 19.6 Å². The number of methoxy groups -OCH3 is 2. The van der Waals surface area contributed by atoms with E-state index < -0.39 is 11.5 Å². The van der Waals surface area contributed by atoms with Crippen LogP contribution in [0.2, 0.25) is 0 Å². The molecule has 0 radical (unpaired) electrons. The smallest absolute Gasteiger partial charge is 0.407 e. The molecule has 0 aromatic carbocycles. The van der Waals surface area contributed by atoms with E-state index in [2.05, 4.69) is 15.0 Å². The second-order valence-corrected chi connectivity index (χ2v) is 5.23. The maximum absolute atomic E-state index is 11.6. The van der Waals surface area contributed by atoms with E-state index in [1.54, 1.807) is 0 Å². The lowest BCUT2D eigenvalue weighted by molar-refractivity contribution is -0.151. The molecule has 0 aliphatic carbocycles. The van der Waals surface area contributed by atoms with Crippen LogP contribution in [0.4, 0.5) is 4.79 Å². The van der Waals surface area contributed by atoms with Crippen LogP contribution in [-0.2, 0) is 14.3 Å². The zero-order valence-electron chi connectivity index (χ0n) is 11.5. The van der Waals surface area contributed by atoms with E-state index in [1.807, 2.05) is 13.8 Å². The van der Waals surface area contributed by atoms with Crippen LogP contribution in [0.1, 0.15) is 20.3 Å². The number of esters is 1. The van der Waals surface area contributed by atoms with Crippen molar-refractivity contribution in [2.45, 2.75) is 26.3 Å². The van der Waals surface area contributed by atoms with Gasteiger partial charge in [-0.05, 0) is 20.3 Å². The fourth-order valence-corrected chi connectivity index (χ4v) is 2.22. The minimum absolute atomic E-state index is 0.0888. The Labute approximate surface area is 108 Å². The number of nitrogens with one attached hydrogen (secondary N) is 1. The van der Waals surface area contributed by atoms with Gasteiger partial charge in [0, 0.05) is 25.7 Å². The van der Waals surface area contributed by atoms with Gasteiger partial charge in [-0.1, -0.05) is 0 Å². The van der Waals surface area contributed by atoms with Gasteiger partial charge in [0.25, 0.3) is 0 Å². The average molecular weight is 258 g/mol. The lowest BCUT2D eigenvalue weighted by Gasteiger charge is -2.27. The molecule has 1 amide bonds. The monoisotopic (exact) mass is 258 g/mol. The Kier molecular flexibility index (Phi) is 4.95. The molecule has 0 saturated carbocycles. The molecule has 6 nitrogen and oxygen atoms in total. The molecule has 1 N–H and O–H groups in total. The number of alkyl carbamates (subject to hydrolysis) is 1. The number of carbonyl (C=O) groups is 2. The first-order valence-corrected chi connectivity index (χ1v) is 6.04. The molecule has 1 atom stereocenters. The van der Waals surface area contributed by atoms with Crippen LogP contribution in [-0.4, -0.2) is 56.9 Å². The molecule has 1 unspecified atom stereocenters. The number of ether oxygens (including phenoxy) is 2. The van der Waals surface area contributed by atoms with Crippen molar-refractivity contribution in [2.24, 2.45) is 5.41 Å². The molecule has 1 saturated heterocycles. The second-order valence-electron chi connectivity index (χ2n) is 5.23. The Balaban J connectivity index is 2.43. The molecule has 18 heavy (non-hydrogen) atoms. The molecule has 1 rings (SSSR count). The Morgan fingerprint density at radius 1 is 1.33 bits per heavy atom. The van der Waals surface area contributed by atoms with Crippen LogP contribution in [0.25, 0.3) is 0 Å². The van der Waals surface area contributed by atoms with Crippen molar-refractivity contribution in [3.63, 3.8) is 0 Å². The molecule has 0 aromatic rings. The fraction of sp³-hybridized carbons (Fsp3) is 0.833. The number of hydrogen-bond donors (Lipinski definition) is 1. The Hall–Kier alpha value is -1.30. The van der Waals surface area contributed by atoms with Crippen molar-refractivity contribution in [3.8, 4) is 0 Å².